The van der Waals surface area contributed by atoms with E-state index >= 15 is 0 Å². The topological polar surface area (TPSA) is 20.3 Å². The molecule has 24 heavy (non-hydrogen) atoms. The van der Waals surface area contributed by atoms with Crippen LogP contribution in [-0.2, 0) is 11.2 Å². The molecule has 2 aromatic carbocycles. The number of hydrogen-bond acceptors (Lipinski definition) is 2. The number of nitrogens with zero attached hydrogens (tertiary/aromatic N) is 1. The van der Waals surface area contributed by atoms with Crippen LogP contribution in [-0.4, -0.2) is 18.4 Å². The maximum absolute atomic E-state index is 11.8. The van der Waals surface area contributed by atoms with E-state index in [2.05, 4.69) is 56.0 Å². The van der Waals surface area contributed by atoms with E-state index in [0.29, 0.717) is 5.78 Å². The van der Waals surface area contributed by atoms with Crippen LogP contribution in [0.2, 0.25) is 0 Å². The van der Waals surface area contributed by atoms with Crippen LogP contribution in [0.4, 0.5) is 5.69 Å². The van der Waals surface area contributed by atoms with Gasteiger partial charge in [0.15, 0.2) is 5.78 Å². The standard InChI is InChI=1S/C15H21NO.C7H8/c1-4-5-14(12(3)17)16-9-8-13-10-11(2)6-7-15(13)16;1-7-5-3-2-4-6-7/h6-7,10,14H,4-5,8-9H2,1-3H3;2-6H,1H3. The summed E-state index contributed by atoms with van der Waals surface area (Å²) in [5.74, 6) is 0.292. The molecular formula is C22H29NO. The summed E-state index contributed by atoms with van der Waals surface area (Å²) in [7, 11) is 0. The molecule has 0 bridgehead atoms. The number of ketones is 1. The van der Waals surface area contributed by atoms with Crippen molar-refractivity contribution in [3.63, 3.8) is 0 Å². The minimum absolute atomic E-state index is 0.0731. The zero-order chi connectivity index (χ0) is 17.5. The first-order chi connectivity index (χ1) is 11.5. The number of carbonyl (C=O) groups is 1. The first-order valence-electron chi connectivity index (χ1n) is 8.91. The number of rotatable bonds is 4. The van der Waals surface area contributed by atoms with Gasteiger partial charge in [0.2, 0.25) is 0 Å². The summed E-state index contributed by atoms with van der Waals surface area (Å²) >= 11 is 0. The molecule has 128 valence electrons. The highest BCUT2D eigenvalue weighted by atomic mass is 16.1. The van der Waals surface area contributed by atoms with Gasteiger partial charge in [-0.3, -0.25) is 4.79 Å². The smallest absolute Gasteiger partial charge is 0.152 e. The third-order valence-electron chi connectivity index (χ3n) is 4.51. The Bertz CT molecular complexity index is 663. The molecule has 2 nitrogen and oxygen atoms in total. The highest BCUT2D eigenvalue weighted by Gasteiger charge is 2.28. The fourth-order valence-corrected chi connectivity index (χ4v) is 3.27. The van der Waals surface area contributed by atoms with Crippen LogP contribution < -0.4 is 4.90 Å². The van der Waals surface area contributed by atoms with Gasteiger partial charge in [-0.2, -0.15) is 0 Å². The van der Waals surface area contributed by atoms with Gasteiger partial charge in [-0.15, -0.1) is 0 Å². The Morgan fingerprint density at radius 3 is 2.33 bits per heavy atom. The average molecular weight is 323 g/mol. The van der Waals surface area contributed by atoms with Crippen molar-refractivity contribution in [3.8, 4) is 0 Å². The Hall–Kier alpha value is -2.09. The molecule has 0 aliphatic carbocycles. The number of Topliss-reactive ketones (excluding diaryl/α,β-unsaturated/α-hetero) is 1. The van der Waals surface area contributed by atoms with Crippen LogP contribution >= 0.6 is 0 Å². The summed E-state index contributed by atoms with van der Waals surface area (Å²) in [4.78, 5) is 14.0. The molecule has 2 aromatic rings. The van der Waals surface area contributed by atoms with Gasteiger partial charge in [-0.05, 0) is 45.2 Å². The lowest BCUT2D eigenvalue weighted by atomic mass is 10.1. The second kappa shape index (κ2) is 8.68. The molecule has 0 fully saturated rings. The largest absolute Gasteiger partial charge is 0.361 e. The van der Waals surface area contributed by atoms with Crippen molar-refractivity contribution >= 4 is 11.5 Å². The highest BCUT2D eigenvalue weighted by molar-refractivity contribution is 5.86. The number of benzene rings is 2. The Morgan fingerprint density at radius 1 is 1.08 bits per heavy atom. The lowest BCUT2D eigenvalue weighted by molar-refractivity contribution is -0.118. The van der Waals surface area contributed by atoms with Gasteiger partial charge < -0.3 is 4.90 Å². The summed E-state index contributed by atoms with van der Waals surface area (Å²) in [5.41, 5.74) is 5.29. The molecular weight excluding hydrogens is 294 g/mol. The average Bonchev–Trinajstić information content (AvgIpc) is 2.96. The molecule has 0 radical (unpaired) electrons. The van der Waals surface area contributed by atoms with Crippen molar-refractivity contribution < 1.29 is 4.79 Å². The Kier molecular flexibility index (Phi) is 6.60. The zero-order valence-corrected chi connectivity index (χ0v) is 15.4. The van der Waals surface area contributed by atoms with Crippen molar-refractivity contribution in [1.29, 1.82) is 0 Å². The van der Waals surface area contributed by atoms with Gasteiger partial charge in [-0.25, -0.2) is 0 Å². The summed E-state index contributed by atoms with van der Waals surface area (Å²) in [5, 5.41) is 0. The molecule has 0 spiro atoms. The van der Waals surface area contributed by atoms with E-state index in [4.69, 9.17) is 0 Å². The monoisotopic (exact) mass is 323 g/mol. The quantitative estimate of drug-likeness (QED) is 0.779. The zero-order valence-electron chi connectivity index (χ0n) is 15.4. The van der Waals surface area contributed by atoms with Crippen LogP contribution in [0.15, 0.2) is 48.5 Å². The Balaban J connectivity index is 0.000000249. The van der Waals surface area contributed by atoms with E-state index in [9.17, 15) is 4.79 Å². The van der Waals surface area contributed by atoms with Crippen LogP contribution in [0.1, 0.15) is 43.4 Å². The summed E-state index contributed by atoms with van der Waals surface area (Å²) in [6, 6.07) is 16.9. The van der Waals surface area contributed by atoms with Gasteiger partial charge in [0.05, 0.1) is 6.04 Å². The highest BCUT2D eigenvalue weighted by Crippen LogP contribution is 2.31. The van der Waals surface area contributed by atoms with E-state index in [1.54, 1.807) is 6.92 Å². The van der Waals surface area contributed by atoms with E-state index in [0.717, 1.165) is 25.8 Å². The van der Waals surface area contributed by atoms with E-state index in [1.165, 1.54) is 22.4 Å². The van der Waals surface area contributed by atoms with Crippen LogP contribution in [0.5, 0.6) is 0 Å². The minimum Gasteiger partial charge on any atom is -0.361 e. The predicted molar refractivity (Wildman–Crippen MR) is 103 cm³/mol. The molecule has 1 atom stereocenters. The fraction of sp³-hybridized carbons (Fsp3) is 0.409. The lowest BCUT2D eigenvalue weighted by Crippen LogP contribution is -2.39. The van der Waals surface area contributed by atoms with Gasteiger partial charge in [0.25, 0.3) is 0 Å². The minimum atomic E-state index is 0.0731. The number of anilines is 1. The van der Waals surface area contributed by atoms with Gasteiger partial charge in [0.1, 0.15) is 0 Å². The van der Waals surface area contributed by atoms with E-state index in [-0.39, 0.29) is 6.04 Å². The third-order valence-corrected chi connectivity index (χ3v) is 4.51. The van der Waals surface area contributed by atoms with Crippen molar-refractivity contribution in [3.05, 3.63) is 65.2 Å². The fourth-order valence-electron chi connectivity index (χ4n) is 3.27. The number of aryl methyl sites for hydroxylation is 2. The molecule has 0 N–H and O–H groups in total. The molecule has 0 amide bonds. The van der Waals surface area contributed by atoms with Crippen molar-refractivity contribution in [2.45, 2.75) is 53.0 Å². The normalized spacial score (nSPS) is 13.8. The number of hydrogen-bond donors (Lipinski definition) is 0. The van der Waals surface area contributed by atoms with Crippen molar-refractivity contribution in [2.75, 3.05) is 11.4 Å². The molecule has 0 saturated carbocycles. The van der Waals surface area contributed by atoms with Crippen molar-refractivity contribution in [2.24, 2.45) is 0 Å². The first-order valence-corrected chi connectivity index (χ1v) is 8.91. The summed E-state index contributed by atoms with van der Waals surface area (Å²) in [6.07, 6.45) is 3.09. The maximum atomic E-state index is 11.8. The van der Waals surface area contributed by atoms with E-state index < -0.39 is 0 Å². The van der Waals surface area contributed by atoms with Crippen LogP contribution in [0, 0.1) is 13.8 Å². The molecule has 2 heteroatoms. The number of fused-ring (bicyclic) bond motifs is 1. The second-order valence-electron chi connectivity index (χ2n) is 6.65. The van der Waals surface area contributed by atoms with Crippen molar-refractivity contribution in [1.82, 2.24) is 0 Å². The molecule has 0 aromatic heterocycles. The molecule has 1 aliphatic rings. The Labute approximate surface area is 146 Å². The maximum Gasteiger partial charge on any atom is 0.152 e. The lowest BCUT2D eigenvalue weighted by Gasteiger charge is -2.28. The molecule has 0 saturated heterocycles. The summed E-state index contributed by atoms with van der Waals surface area (Å²) in [6.45, 7) is 9.05. The second-order valence-corrected chi connectivity index (χ2v) is 6.65. The Morgan fingerprint density at radius 2 is 1.79 bits per heavy atom. The van der Waals surface area contributed by atoms with Crippen LogP contribution in [0.3, 0.4) is 0 Å². The summed E-state index contributed by atoms with van der Waals surface area (Å²) < 4.78 is 0. The molecule has 1 aliphatic heterocycles. The molecule has 1 unspecified atom stereocenters. The van der Waals surface area contributed by atoms with Gasteiger partial charge in [0, 0.05) is 12.2 Å². The van der Waals surface area contributed by atoms with Crippen LogP contribution in [0.25, 0.3) is 0 Å². The first kappa shape index (κ1) is 18.3. The van der Waals surface area contributed by atoms with Gasteiger partial charge in [-0.1, -0.05) is 66.9 Å². The predicted octanol–water partition coefficient (Wildman–Crippen LogP) is 5.11. The SMILES string of the molecule is CCCC(C(C)=O)N1CCc2cc(C)ccc21.Cc1ccccc1. The molecule has 1 heterocycles. The number of carbonyl (C=O) groups excluding carboxylic acids is 1. The van der Waals surface area contributed by atoms with E-state index in [1.807, 2.05) is 18.2 Å². The van der Waals surface area contributed by atoms with Gasteiger partial charge >= 0.3 is 0 Å². The molecule has 3 rings (SSSR count). The third kappa shape index (κ3) is 4.70.